The van der Waals surface area contributed by atoms with Crippen LogP contribution in [0.3, 0.4) is 0 Å². The zero-order valence-corrected chi connectivity index (χ0v) is 16.2. The highest BCUT2D eigenvalue weighted by atomic mass is 35.5. The molecular weight excluding hydrogens is 386 g/mol. The number of hydrogen-bond donors (Lipinski definition) is 1. The largest absolute Gasteiger partial charge is 0.423 e. The van der Waals surface area contributed by atoms with Crippen LogP contribution in [-0.4, -0.2) is 32.5 Å². The molecule has 142 valence electrons. The average molecular weight is 406 g/mol. The maximum absolute atomic E-state index is 12.4. The van der Waals surface area contributed by atoms with Crippen LogP contribution in [0.1, 0.15) is 18.4 Å². The molecule has 0 bridgehead atoms. The normalized spacial score (nSPS) is 17.7. The molecule has 6 nitrogen and oxygen atoms in total. The molecule has 1 fully saturated rings. The second-order valence-corrected chi connectivity index (χ2v) is 8.93. The molecule has 0 aliphatic carbocycles. The Morgan fingerprint density at radius 1 is 1.19 bits per heavy atom. The topological polar surface area (TPSA) is 75.4 Å². The maximum atomic E-state index is 12.4. The Morgan fingerprint density at radius 2 is 1.96 bits per heavy atom. The highest BCUT2D eigenvalue weighted by molar-refractivity contribution is 7.88. The van der Waals surface area contributed by atoms with Crippen LogP contribution in [0.15, 0.2) is 52.9 Å². The number of para-hydroxylation sites is 2. The third-order valence-corrected chi connectivity index (χ3v) is 6.29. The van der Waals surface area contributed by atoms with Crippen LogP contribution in [0, 0.1) is 0 Å². The number of rotatable bonds is 6. The van der Waals surface area contributed by atoms with Crippen molar-refractivity contribution in [2.24, 2.45) is 0 Å². The number of hydrogen-bond acceptors (Lipinski definition) is 5. The summed E-state index contributed by atoms with van der Waals surface area (Å²) < 4.78 is 33.4. The summed E-state index contributed by atoms with van der Waals surface area (Å²) in [7, 11) is -3.44. The number of anilines is 1. The minimum Gasteiger partial charge on any atom is -0.423 e. The van der Waals surface area contributed by atoms with E-state index in [0.717, 1.165) is 30.5 Å². The van der Waals surface area contributed by atoms with Crippen molar-refractivity contribution in [1.29, 1.82) is 0 Å². The summed E-state index contributed by atoms with van der Waals surface area (Å²) in [6.07, 6.45) is 1.87. The van der Waals surface area contributed by atoms with Crippen molar-refractivity contribution in [1.82, 2.24) is 9.71 Å². The van der Waals surface area contributed by atoms with Crippen LogP contribution in [0.4, 0.5) is 6.01 Å². The van der Waals surface area contributed by atoms with Crippen molar-refractivity contribution in [3.8, 4) is 0 Å². The van der Waals surface area contributed by atoms with Gasteiger partial charge in [-0.2, -0.15) is 4.98 Å². The zero-order valence-electron chi connectivity index (χ0n) is 14.6. The first-order valence-corrected chi connectivity index (χ1v) is 10.9. The third-order valence-electron chi connectivity index (χ3n) is 4.71. The molecule has 0 amide bonds. The van der Waals surface area contributed by atoms with Gasteiger partial charge in [-0.25, -0.2) is 13.1 Å². The molecule has 2 aromatic carbocycles. The summed E-state index contributed by atoms with van der Waals surface area (Å²) in [5, 5.41) is 0.587. The van der Waals surface area contributed by atoms with Crippen LogP contribution in [0.5, 0.6) is 0 Å². The molecule has 1 aliphatic rings. The molecule has 1 saturated heterocycles. The van der Waals surface area contributed by atoms with E-state index in [-0.39, 0.29) is 11.8 Å². The summed E-state index contributed by atoms with van der Waals surface area (Å²) in [5.74, 6) is -0.0697. The van der Waals surface area contributed by atoms with Crippen LogP contribution in [-0.2, 0) is 15.8 Å². The fourth-order valence-corrected chi connectivity index (χ4v) is 4.66. The highest BCUT2D eigenvalue weighted by Crippen LogP contribution is 2.28. The number of halogens is 1. The second kappa shape index (κ2) is 7.50. The van der Waals surface area contributed by atoms with Crippen LogP contribution in [0.2, 0.25) is 5.02 Å². The molecule has 1 atom stereocenters. The molecule has 0 spiro atoms. The van der Waals surface area contributed by atoms with Gasteiger partial charge in [0.2, 0.25) is 10.0 Å². The predicted octanol–water partition coefficient (Wildman–Crippen LogP) is 3.57. The van der Waals surface area contributed by atoms with Crippen molar-refractivity contribution >= 4 is 38.7 Å². The Morgan fingerprint density at radius 3 is 2.74 bits per heavy atom. The van der Waals surface area contributed by atoms with Gasteiger partial charge in [0, 0.05) is 24.2 Å². The second-order valence-electron chi connectivity index (χ2n) is 6.69. The quantitative estimate of drug-likeness (QED) is 0.678. The van der Waals surface area contributed by atoms with Crippen molar-refractivity contribution < 1.29 is 12.8 Å². The molecular formula is C19H20ClN3O3S. The molecule has 4 rings (SSSR count). The molecule has 8 heteroatoms. The van der Waals surface area contributed by atoms with Crippen LogP contribution < -0.4 is 9.62 Å². The van der Waals surface area contributed by atoms with E-state index in [1.54, 1.807) is 24.3 Å². The summed E-state index contributed by atoms with van der Waals surface area (Å²) in [4.78, 5) is 6.58. The fourth-order valence-electron chi connectivity index (χ4n) is 3.36. The van der Waals surface area contributed by atoms with Gasteiger partial charge in [0.15, 0.2) is 5.58 Å². The van der Waals surface area contributed by atoms with Gasteiger partial charge in [-0.1, -0.05) is 35.9 Å². The number of oxazole rings is 1. The monoisotopic (exact) mass is 405 g/mol. The van der Waals surface area contributed by atoms with Gasteiger partial charge in [0.25, 0.3) is 6.01 Å². The molecule has 2 heterocycles. The van der Waals surface area contributed by atoms with E-state index in [1.807, 2.05) is 29.2 Å². The first-order chi connectivity index (χ1) is 13.0. The highest BCUT2D eigenvalue weighted by Gasteiger charge is 2.29. The Hall–Kier alpha value is -2.09. The Balaban J connectivity index is 1.42. The van der Waals surface area contributed by atoms with Crippen LogP contribution >= 0.6 is 11.6 Å². The number of aromatic nitrogens is 1. The molecule has 0 radical (unpaired) electrons. The lowest BCUT2D eigenvalue weighted by atomic mass is 10.2. The first-order valence-electron chi connectivity index (χ1n) is 8.84. The van der Waals surface area contributed by atoms with E-state index in [2.05, 4.69) is 9.71 Å². The lowest BCUT2D eigenvalue weighted by Gasteiger charge is -2.23. The fraction of sp³-hybridized carbons (Fsp3) is 0.316. The summed E-state index contributed by atoms with van der Waals surface area (Å²) in [6, 6.07) is 15.0. The van der Waals surface area contributed by atoms with Gasteiger partial charge >= 0.3 is 0 Å². The molecule has 1 aromatic heterocycles. The van der Waals surface area contributed by atoms with Crippen molar-refractivity contribution in [3.05, 3.63) is 59.1 Å². The van der Waals surface area contributed by atoms with Crippen molar-refractivity contribution in [2.45, 2.75) is 24.6 Å². The lowest BCUT2D eigenvalue weighted by molar-refractivity contribution is 0.533. The Kier molecular flexibility index (Phi) is 5.08. The number of nitrogens with zero attached hydrogens (tertiary/aromatic N) is 2. The Labute approximate surface area is 163 Å². The van der Waals surface area contributed by atoms with E-state index in [0.29, 0.717) is 23.1 Å². The number of benzene rings is 2. The lowest BCUT2D eigenvalue weighted by Crippen LogP contribution is -2.40. The van der Waals surface area contributed by atoms with E-state index in [4.69, 9.17) is 16.0 Å². The predicted molar refractivity (Wildman–Crippen MR) is 106 cm³/mol. The van der Waals surface area contributed by atoms with E-state index < -0.39 is 10.0 Å². The van der Waals surface area contributed by atoms with Gasteiger partial charge in [-0.3, -0.25) is 0 Å². The van der Waals surface area contributed by atoms with Gasteiger partial charge in [0.1, 0.15) is 5.52 Å². The minimum absolute atomic E-state index is 0.0260. The Bertz CT molecular complexity index is 1000. The van der Waals surface area contributed by atoms with Crippen LogP contribution in [0.25, 0.3) is 11.1 Å². The average Bonchev–Trinajstić information content (AvgIpc) is 3.28. The zero-order chi connectivity index (χ0) is 18.9. The van der Waals surface area contributed by atoms with Crippen molar-refractivity contribution in [2.75, 3.05) is 18.0 Å². The van der Waals surface area contributed by atoms with Crippen molar-refractivity contribution in [3.63, 3.8) is 0 Å². The van der Waals surface area contributed by atoms with E-state index >= 15 is 0 Å². The van der Waals surface area contributed by atoms with Gasteiger partial charge in [0.05, 0.1) is 5.75 Å². The first kappa shape index (κ1) is 18.3. The molecule has 1 N–H and O–H groups in total. The molecule has 0 saturated carbocycles. The number of fused-ring (bicyclic) bond motifs is 1. The third kappa shape index (κ3) is 4.26. The number of sulfonamides is 1. The number of nitrogens with one attached hydrogen (secondary N) is 1. The SMILES string of the molecule is O=S(=O)(Cc1ccc(Cl)cc1)NCC1CCCN1c1nc2ccccc2o1. The maximum Gasteiger partial charge on any atom is 0.298 e. The molecule has 1 aliphatic heterocycles. The molecule has 3 aromatic rings. The summed E-state index contributed by atoms with van der Waals surface area (Å²) in [6.45, 7) is 1.13. The molecule has 27 heavy (non-hydrogen) atoms. The summed E-state index contributed by atoms with van der Waals surface area (Å²) >= 11 is 5.85. The standard InChI is InChI=1S/C19H20ClN3O3S/c20-15-9-7-14(8-10-15)13-27(24,25)21-12-16-4-3-11-23(16)19-22-17-5-1-2-6-18(17)26-19/h1-2,5-10,16,21H,3-4,11-13H2. The van der Waals surface area contributed by atoms with Gasteiger partial charge in [-0.15, -0.1) is 0 Å². The smallest absolute Gasteiger partial charge is 0.298 e. The van der Waals surface area contributed by atoms with Gasteiger partial charge < -0.3 is 9.32 Å². The minimum atomic E-state index is -3.44. The van der Waals surface area contributed by atoms with E-state index in [9.17, 15) is 8.42 Å². The van der Waals surface area contributed by atoms with E-state index in [1.165, 1.54) is 0 Å². The summed E-state index contributed by atoms with van der Waals surface area (Å²) in [5.41, 5.74) is 2.25. The molecule has 1 unspecified atom stereocenters. The van der Waals surface area contributed by atoms with Gasteiger partial charge in [-0.05, 0) is 42.7 Å².